The standard InChI is InChI=1S/C13H11N5O3/c19-13(20)11-5-4-10(21-11)8-18-12(15-16-17-18)7-9-3-1-2-6-14-9/h1-6H,7-8H2,(H,19,20). The van der Waals surface area contributed by atoms with E-state index in [9.17, 15) is 4.79 Å². The monoisotopic (exact) mass is 285 g/mol. The zero-order valence-corrected chi connectivity index (χ0v) is 10.9. The molecule has 0 aliphatic rings. The quantitative estimate of drug-likeness (QED) is 0.745. The van der Waals surface area contributed by atoms with Gasteiger partial charge in [0.2, 0.25) is 5.76 Å². The molecule has 1 N–H and O–H groups in total. The van der Waals surface area contributed by atoms with Crippen molar-refractivity contribution in [2.75, 3.05) is 0 Å². The first-order valence-corrected chi connectivity index (χ1v) is 6.19. The lowest BCUT2D eigenvalue weighted by atomic mass is 10.2. The molecule has 8 nitrogen and oxygen atoms in total. The van der Waals surface area contributed by atoms with Crippen molar-refractivity contribution in [3.05, 3.63) is 59.6 Å². The normalized spacial score (nSPS) is 10.7. The van der Waals surface area contributed by atoms with Gasteiger partial charge in [-0.25, -0.2) is 9.48 Å². The fraction of sp³-hybridized carbons (Fsp3) is 0.154. The molecule has 0 bridgehead atoms. The Labute approximate surface area is 119 Å². The maximum Gasteiger partial charge on any atom is 0.371 e. The fourth-order valence-corrected chi connectivity index (χ4v) is 1.86. The van der Waals surface area contributed by atoms with Gasteiger partial charge >= 0.3 is 5.97 Å². The number of aromatic nitrogens is 5. The summed E-state index contributed by atoms with van der Waals surface area (Å²) in [7, 11) is 0. The molecule has 0 atom stereocenters. The van der Waals surface area contributed by atoms with Gasteiger partial charge in [-0.3, -0.25) is 4.98 Å². The number of pyridine rings is 1. The lowest BCUT2D eigenvalue weighted by Crippen LogP contribution is -2.08. The molecule has 8 heteroatoms. The average molecular weight is 285 g/mol. The second-order valence-corrected chi connectivity index (χ2v) is 4.32. The first-order chi connectivity index (χ1) is 10.2. The van der Waals surface area contributed by atoms with E-state index in [-0.39, 0.29) is 12.3 Å². The van der Waals surface area contributed by atoms with Gasteiger partial charge in [0.25, 0.3) is 0 Å². The summed E-state index contributed by atoms with van der Waals surface area (Å²) in [4.78, 5) is 15.0. The second kappa shape index (κ2) is 5.53. The second-order valence-electron chi connectivity index (χ2n) is 4.32. The molecule has 21 heavy (non-hydrogen) atoms. The van der Waals surface area contributed by atoms with Crippen molar-refractivity contribution in [1.82, 2.24) is 25.2 Å². The predicted molar refractivity (Wildman–Crippen MR) is 69.6 cm³/mol. The highest BCUT2D eigenvalue weighted by atomic mass is 16.4. The molecular formula is C13H11N5O3. The van der Waals surface area contributed by atoms with Gasteiger partial charge in [-0.1, -0.05) is 6.07 Å². The molecular weight excluding hydrogens is 274 g/mol. The molecule has 3 heterocycles. The SMILES string of the molecule is O=C(O)c1ccc(Cn2nnnc2Cc2ccccn2)o1. The number of tetrazole rings is 1. The van der Waals surface area contributed by atoms with E-state index in [0.717, 1.165) is 5.69 Å². The minimum absolute atomic E-state index is 0.107. The van der Waals surface area contributed by atoms with E-state index in [1.165, 1.54) is 6.07 Å². The van der Waals surface area contributed by atoms with Crippen molar-refractivity contribution in [2.45, 2.75) is 13.0 Å². The van der Waals surface area contributed by atoms with E-state index in [0.29, 0.717) is 18.0 Å². The molecule has 0 saturated heterocycles. The van der Waals surface area contributed by atoms with Gasteiger partial charge in [0, 0.05) is 11.9 Å². The zero-order chi connectivity index (χ0) is 14.7. The molecule has 0 aromatic carbocycles. The smallest absolute Gasteiger partial charge is 0.371 e. The van der Waals surface area contributed by atoms with Crippen LogP contribution in [0.5, 0.6) is 0 Å². The number of rotatable bonds is 5. The molecule has 3 rings (SSSR count). The lowest BCUT2D eigenvalue weighted by Gasteiger charge is -2.02. The molecule has 0 saturated carbocycles. The molecule has 3 aromatic heterocycles. The summed E-state index contributed by atoms with van der Waals surface area (Å²) in [5, 5.41) is 20.3. The van der Waals surface area contributed by atoms with Gasteiger partial charge < -0.3 is 9.52 Å². The lowest BCUT2D eigenvalue weighted by molar-refractivity contribution is 0.0660. The van der Waals surface area contributed by atoms with Crippen LogP contribution in [0.25, 0.3) is 0 Å². The highest BCUT2D eigenvalue weighted by Gasteiger charge is 2.13. The number of hydrogen-bond donors (Lipinski definition) is 1. The Hall–Kier alpha value is -3.03. The number of hydrogen-bond acceptors (Lipinski definition) is 6. The molecule has 106 valence electrons. The fourth-order valence-electron chi connectivity index (χ4n) is 1.86. The third-order valence-corrected chi connectivity index (χ3v) is 2.85. The van der Waals surface area contributed by atoms with E-state index < -0.39 is 5.97 Å². The minimum Gasteiger partial charge on any atom is -0.475 e. The number of aromatic carboxylic acids is 1. The van der Waals surface area contributed by atoms with Gasteiger partial charge in [0.1, 0.15) is 12.3 Å². The first-order valence-electron chi connectivity index (χ1n) is 6.19. The highest BCUT2D eigenvalue weighted by molar-refractivity contribution is 5.84. The number of nitrogens with zero attached hydrogens (tertiary/aromatic N) is 5. The van der Waals surface area contributed by atoms with Gasteiger partial charge in [-0.2, -0.15) is 0 Å². The van der Waals surface area contributed by atoms with Crippen molar-refractivity contribution in [1.29, 1.82) is 0 Å². The predicted octanol–water partition coefficient (Wildman–Crippen LogP) is 0.998. The van der Waals surface area contributed by atoms with E-state index >= 15 is 0 Å². The Bertz CT molecular complexity index is 750. The zero-order valence-electron chi connectivity index (χ0n) is 10.9. The summed E-state index contributed by atoms with van der Waals surface area (Å²) < 4.78 is 6.75. The van der Waals surface area contributed by atoms with Gasteiger partial charge in [-0.15, -0.1) is 5.10 Å². The third kappa shape index (κ3) is 2.94. The summed E-state index contributed by atoms with van der Waals surface area (Å²) in [5.41, 5.74) is 0.846. The molecule has 0 aliphatic heterocycles. The number of furan rings is 1. The third-order valence-electron chi connectivity index (χ3n) is 2.85. The first kappa shape index (κ1) is 13.0. The van der Waals surface area contributed by atoms with Crippen molar-refractivity contribution in [3.63, 3.8) is 0 Å². The Kier molecular flexibility index (Phi) is 3.42. The Morgan fingerprint density at radius 2 is 2.19 bits per heavy atom. The number of carboxylic acid groups (broad SMARTS) is 1. The molecule has 0 amide bonds. The van der Waals surface area contributed by atoms with Crippen LogP contribution in [-0.2, 0) is 13.0 Å². The van der Waals surface area contributed by atoms with Crippen molar-refractivity contribution in [3.8, 4) is 0 Å². The van der Waals surface area contributed by atoms with Crippen LogP contribution in [0, 0.1) is 0 Å². The summed E-state index contributed by atoms with van der Waals surface area (Å²) in [6.07, 6.45) is 2.19. The topological polar surface area (TPSA) is 107 Å². The van der Waals surface area contributed by atoms with E-state index in [4.69, 9.17) is 9.52 Å². The van der Waals surface area contributed by atoms with Crippen LogP contribution in [0.3, 0.4) is 0 Å². The Morgan fingerprint density at radius 3 is 2.90 bits per heavy atom. The van der Waals surface area contributed by atoms with Crippen LogP contribution >= 0.6 is 0 Å². The van der Waals surface area contributed by atoms with E-state index in [1.807, 2.05) is 18.2 Å². The summed E-state index contributed by atoms with van der Waals surface area (Å²) in [5.74, 6) is -0.111. The van der Waals surface area contributed by atoms with Crippen LogP contribution in [-0.4, -0.2) is 36.3 Å². The Balaban J connectivity index is 1.77. The maximum atomic E-state index is 10.8. The number of carboxylic acids is 1. The molecule has 0 spiro atoms. The van der Waals surface area contributed by atoms with Crippen molar-refractivity contribution >= 4 is 5.97 Å². The van der Waals surface area contributed by atoms with Gasteiger partial charge in [0.05, 0.1) is 6.42 Å². The van der Waals surface area contributed by atoms with Crippen molar-refractivity contribution in [2.24, 2.45) is 0 Å². The molecule has 0 radical (unpaired) electrons. The van der Waals surface area contributed by atoms with Gasteiger partial charge in [-0.05, 0) is 34.7 Å². The summed E-state index contributed by atoms with van der Waals surface area (Å²) in [6.45, 7) is 0.266. The van der Waals surface area contributed by atoms with Gasteiger partial charge in [0.15, 0.2) is 5.82 Å². The largest absolute Gasteiger partial charge is 0.475 e. The highest BCUT2D eigenvalue weighted by Crippen LogP contribution is 2.11. The van der Waals surface area contributed by atoms with Crippen molar-refractivity contribution < 1.29 is 14.3 Å². The summed E-state index contributed by atoms with van der Waals surface area (Å²) >= 11 is 0. The van der Waals surface area contributed by atoms with Crippen LogP contribution < -0.4 is 0 Å². The van der Waals surface area contributed by atoms with Crippen LogP contribution in [0.4, 0.5) is 0 Å². The minimum atomic E-state index is -1.10. The average Bonchev–Trinajstić information content (AvgIpc) is 3.11. The Morgan fingerprint density at radius 1 is 1.29 bits per heavy atom. The molecule has 0 aliphatic carbocycles. The summed E-state index contributed by atoms with van der Waals surface area (Å²) in [6, 6.07) is 8.61. The molecule has 3 aromatic rings. The van der Waals surface area contributed by atoms with Crippen LogP contribution in [0.15, 0.2) is 40.9 Å². The van der Waals surface area contributed by atoms with Crippen LogP contribution in [0.1, 0.15) is 27.8 Å². The molecule has 0 unspecified atom stereocenters. The maximum absolute atomic E-state index is 10.8. The van der Waals surface area contributed by atoms with E-state index in [2.05, 4.69) is 20.5 Å². The number of carbonyl (C=O) groups is 1. The van der Waals surface area contributed by atoms with Crippen LogP contribution in [0.2, 0.25) is 0 Å². The molecule has 0 fully saturated rings. The van der Waals surface area contributed by atoms with E-state index in [1.54, 1.807) is 16.9 Å².